The summed E-state index contributed by atoms with van der Waals surface area (Å²) >= 11 is 0. The van der Waals surface area contributed by atoms with Gasteiger partial charge in [-0.3, -0.25) is 9.48 Å². The molecule has 4 aromatic rings. The lowest BCUT2D eigenvalue weighted by atomic mass is 10.0. The van der Waals surface area contributed by atoms with Crippen molar-refractivity contribution in [3.63, 3.8) is 0 Å². The molecule has 9 nitrogen and oxygen atoms in total. The van der Waals surface area contributed by atoms with Crippen molar-refractivity contribution in [1.29, 1.82) is 5.26 Å². The fourth-order valence-corrected chi connectivity index (χ4v) is 4.02. The Bertz CT molecular complexity index is 1370. The van der Waals surface area contributed by atoms with Crippen LogP contribution in [0.3, 0.4) is 0 Å². The molecule has 0 aromatic carbocycles. The number of carbonyl (C=O) groups excluding carboxylic acids is 1. The highest BCUT2D eigenvalue weighted by molar-refractivity contribution is 5.98. The maximum Gasteiger partial charge on any atom is 0.248 e. The largest absolute Gasteiger partial charge is 0.381 e. The summed E-state index contributed by atoms with van der Waals surface area (Å²) in [7, 11) is 0. The Hall–Kier alpha value is -4.29. The molecular formula is C24H21N7O2. The van der Waals surface area contributed by atoms with Crippen molar-refractivity contribution in [2.75, 3.05) is 18.5 Å². The minimum absolute atomic E-state index is 0.327. The summed E-state index contributed by atoms with van der Waals surface area (Å²) in [5.74, 6) is 0.0892. The van der Waals surface area contributed by atoms with Crippen LogP contribution < -0.4 is 5.32 Å². The molecule has 164 valence electrons. The van der Waals surface area contributed by atoms with Crippen molar-refractivity contribution in [2.45, 2.75) is 18.9 Å². The molecule has 33 heavy (non-hydrogen) atoms. The number of nitrogens with zero attached hydrogens (tertiary/aromatic N) is 6. The van der Waals surface area contributed by atoms with Gasteiger partial charge in [0.1, 0.15) is 11.9 Å². The van der Waals surface area contributed by atoms with Crippen molar-refractivity contribution < 1.29 is 9.53 Å². The van der Waals surface area contributed by atoms with E-state index in [1.165, 1.54) is 6.08 Å². The van der Waals surface area contributed by atoms with Gasteiger partial charge in [0.05, 0.1) is 29.5 Å². The third-order valence-electron chi connectivity index (χ3n) is 5.74. The number of ether oxygens (including phenoxy) is 1. The molecule has 4 aromatic heterocycles. The van der Waals surface area contributed by atoms with Crippen molar-refractivity contribution in [3.8, 4) is 28.3 Å². The summed E-state index contributed by atoms with van der Waals surface area (Å²) in [6, 6.07) is 8.12. The Balaban J connectivity index is 1.56. The summed E-state index contributed by atoms with van der Waals surface area (Å²) in [6.07, 6.45) is 12.1. The molecule has 0 saturated carbocycles. The normalized spacial score (nSPS) is 14.2. The van der Waals surface area contributed by atoms with E-state index >= 15 is 0 Å². The SMILES string of the molecule is C=CC(=O)Nc1ccc(-c2cc(-c3cnn(C4CCOCC4)c3)cn3ncc(C#N)c23)cn1. The lowest BCUT2D eigenvalue weighted by molar-refractivity contribution is -0.111. The highest BCUT2D eigenvalue weighted by atomic mass is 16.5. The smallest absolute Gasteiger partial charge is 0.248 e. The zero-order valence-corrected chi connectivity index (χ0v) is 17.8. The highest BCUT2D eigenvalue weighted by Crippen LogP contribution is 2.32. The molecule has 1 aliphatic rings. The van der Waals surface area contributed by atoms with Gasteiger partial charge in [-0.15, -0.1) is 0 Å². The molecular weight excluding hydrogens is 418 g/mol. The van der Waals surface area contributed by atoms with E-state index in [1.54, 1.807) is 23.0 Å². The van der Waals surface area contributed by atoms with Gasteiger partial charge in [-0.25, -0.2) is 9.50 Å². The minimum atomic E-state index is -0.330. The predicted octanol–water partition coefficient (Wildman–Crippen LogP) is 3.61. The topological polar surface area (TPSA) is 110 Å². The molecule has 0 unspecified atom stereocenters. The van der Waals surface area contributed by atoms with Gasteiger partial charge >= 0.3 is 0 Å². The quantitative estimate of drug-likeness (QED) is 0.476. The first kappa shape index (κ1) is 20.6. The Morgan fingerprint density at radius 3 is 2.73 bits per heavy atom. The number of hydrogen-bond donors (Lipinski definition) is 1. The van der Waals surface area contributed by atoms with Gasteiger partial charge in [0, 0.05) is 54.1 Å². The van der Waals surface area contributed by atoms with Crippen LogP contribution in [-0.2, 0) is 9.53 Å². The van der Waals surface area contributed by atoms with E-state index in [9.17, 15) is 10.1 Å². The van der Waals surface area contributed by atoms with Crippen molar-refractivity contribution in [1.82, 2.24) is 24.4 Å². The van der Waals surface area contributed by atoms with E-state index in [0.29, 0.717) is 22.9 Å². The molecule has 9 heteroatoms. The molecule has 0 bridgehead atoms. The van der Waals surface area contributed by atoms with E-state index in [4.69, 9.17) is 4.74 Å². The second-order valence-corrected chi connectivity index (χ2v) is 7.78. The van der Waals surface area contributed by atoms with E-state index in [2.05, 4.69) is 33.1 Å². The van der Waals surface area contributed by atoms with E-state index < -0.39 is 0 Å². The molecule has 1 amide bonds. The van der Waals surface area contributed by atoms with Crippen LogP contribution in [0.2, 0.25) is 0 Å². The Kier molecular flexibility index (Phi) is 5.42. The number of hydrogen-bond acceptors (Lipinski definition) is 6. The van der Waals surface area contributed by atoms with Crippen LogP contribution in [0.1, 0.15) is 24.4 Å². The first-order valence-electron chi connectivity index (χ1n) is 10.6. The molecule has 1 N–H and O–H groups in total. The lowest BCUT2D eigenvalue weighted by Gasteiger charge is -2.22. The highest BCUT2D eigenvalue weighted by Gasteiger charge is 2.18. The Morgan fingerprint density at radius 1 is 1.15 bits per heavy atom. The van der Waals surface area contributed by atoms with Crippen molar-refractivity contribution in [3.05, 3.63) is 67.4 Å². The Labute approximate surface area is 189 Å². The third kappa shape index (κ3) is 4.00. The Morgan fingerprint density at radius 2 is 2.00 bits per heavy atom. The molecule has 0 atom stereocenters. The van der Waals surface area contributed by atoms with Crippen LogP contribution in [0.4, 0.5) is 5.82 Å². The van der Waals surface area contributed by atoms with E-state index in [-0.39, 0.29) is 5.91 Å². The maximum absolute atomic E-state index is 11.5. The molecule has 1 fully saturated rings. The number of nitrogens with one attached hydrogen (secondary N) is 1. The van der Waals surface area contributed by atoms with Gasteiger partial charge in [-0.05, 0) is 37.1 Å². The van der Waals surface area contributed by atoms with Crippen molar-refractivity contribution >= 4 is 17.2 Å². The average molecular weight is 439 g/mol. The number of amides is 1. The summed E-state index contributed by atoms with van der Waals surface area (Å²) in [6.45, 7) is 4.94. The molecule has 1 saturated heterocycles. The molecule has 5 rings (SSSR count). The summed E-state index contributed by atoms with van der Waals surface area (Å²) in [5.41, 5.74) is 4.66. The molecule has 1 aliphatic heterocycles. The minimum Gasteiger partial charge on any atom is -0.381 e. The number of anilines is 1. The first-order valence-corrected chi connectivity index (χ1v) is 10.6. The van der Waals surface area contributed by atoms with Gasteiger partial charge in [-0.1, -0.05) is 6.58 Å². The number of rotatable bonds is 5. The van der Waals surface area contributed by atoms with Gasteiger partial charge in [0.15, 0.2) is 0 Å². The van der Waals surface area contributed by atoms with Crippen LogP contribution in [0.25, 0.3) is 27.8 Å². The summed E-state index contributed by atoms with van der Waals surface area (Å²) < 4.78 is 9.18. The van der Waals surface area contributed by atoms with Gasteiger partial charge in [0.2, 0.25) is 5.91 Å². The van der Waals surface area contributed by atoms with Crippen LogP contribution in [0, 0.1) is 11.3 Å². The molecule has 0 radical (unpaired) electrons. The first-order chi connectivity index (χ1) is 16.2. The average Bonchev–Trinajstić information content (AvgIpc) is 3.52. The third-order valence-corrected chi connectivity index (χ3v) is 5.74. The number of carbonyl (C=O) groups is 1. The number of aromatic nitrogens is 5. The van der Waals surface area contributed by atoms with Crippen LogP contribution in [0.5, 0.6) is 0 Å². The summed E-state index contributed by atoms with van der Waals surface area (Å²) in [5, 5.41) is 21.2. The van der Waals surface area contributed by atoms with Gasteiger partial charge < -0.3 is 10.1 Å². The second kappa shape index (κ2) is 8.68. The predicted molar refractivity (Wildman–Crippen MR) is 122 cm³/mol. The molecule has 0 aliphatic carbocycles. The van der Waals surface area contributed by atoms with Gasteiger partial charge in [-0.2, -0.15) is 15.5 Å². The summed E-state index contributed by atoms with van der Waals surface area (Å²) in [4.78, 5) is 15.9. The molecule has 0 spiro atoms. The standard InChI is InChI=1S/C24H21N7O2/c1-2-23(32)29-22-4-3-16(11-26-22)21-9-17(14-31-24(21)18(10-25)12-28-31)19-13-27-30(15-19)20-5-7-33-8-6-20/h2-4,9,11-15,20H,1,5-8H2,(H,26,29,32). The van der Waals surface area contributed by atoms with Crippen LogP contribution >= 0.6 is 0 Å². The monoisotopic (exact) mass is 439 g/mol. The molecule has 5 heterocycles. The fraction of sp³-hybridized carbons (Fsp3) is 0.208. The van der Waals surface area contributed by atoms with Crippen LogP contribution in [-0.4, -0.2) is 43.5 Å². The number of fused-ring (bicyclic) bond motifs is 1. The number of nitriles is 1. The van der Waals surface area contributed by atoms with Gasteiger partial charge in [0.25, 0.3) is 0 Å². The second-order valence-electron chi connectivity index (χ2n) is 7.78. The lowest BCUT2D eigenvalue weighted by Crippen LogP contribution is -2.19. The number of pyridine rings is 2. The van der Waals surface area contributed by atoms with Crippen molar-refractivity contribution in [2.24, 2.45) is 0 Å². The van der Waals surface area contributed by atoms with Crippen LogP contribution in [0.15, 0.2) is 61.8 Å². The zero-order valence-electron chi connectivity index (χ0n) is 17.8. The fourth-order valence-electron chi connectivity index (χ4n) is 4.02. The zero-order chi connectivity index (χ0) is 22.8. The van der Waals surface area contributed by atoms with E-state index in [0.717, 1.165) is 48.3 Å². The van der Waals surface area contributed by atoms with E-state index in [1.807, 2.05) is 35.4 Å². The maximum atomic E-state index is 11.5.